The Bertz CT molecular complexity index is 466. The molecule has 1 aliphatic heterocycles. The van der Waals surface area contributed by atoms with Gasteiger partial charge >= 0.3 is 6.18 Å². The molecule has 2 rings (SSSR count). The minimum atomic E-state index is -4.58. The van der Waals surface area contributed by atoms with E-state index in [-0.39, 0.29) is 17.7 Å². The van der Waals surface area contributed by atoms with Gasteiger partial charge in [0.25, 0.3) is 0 Å². The van der Waals surface area contributed by atoms with E-state index in [2.05, 4.69) is 16.9 Å². The highest BCUT2D eigenvalue weighted by atomic mass is 32.2. The van der Waals surface area contributed by atoms with E-state index in [4.69, 9.17) is 5.73 Å². The van der Waals surface area contributed by atoms with Crippen molar-refractivity contribution in [3.05, 3.63) is 11.9 Å². The Morgan fingerprint density at radius 3 is 2.68 bits per heavy atom. The van der Waals surface area contributed by atoms with E-state index >= 15 is 0 Å². The largest absolute Gasteiger partial charge is 0.451 e. The predicted octanol–water partition coefficient (Wildman–Crippen LogP) is 2.41. The summed E-state index contributed by atoms with van der Waals surface area (Å²) in [4.78, 5) is 8.72. The van der Waals surface area contributed by atoms with E-state index in [0.717, 1.165) is 5.75 Å². The average molecular weight is 292 g/mol. The Morgan fingerprint density at radius 2 is 2.05 bits per heavy atom. The number of thioether (sulfide) groups is 1. The highest BCUT2D eigenvalue weighted by Crippen LogP contribution is 2.32. The van der Waals surface area contributed by atoms with Crippen molar-refractivity contribution in [2.45, 2.75) is 31.3 Å². The summed E-state index contributed by atoms with van der Waals surface area (Å²) in [7, 11) is 0. The Balaban J connectivity index is 2.36. The van der Waals surface area contributed by atoms with Crippen molar-refractivity contribution in [1.82, 2.24) is 9.97 Å². The van der Waals surface area contributed by atoms with Gasteiger partial charge in [0.05, 0.1) is 0 Å². The van der Waals surface area contributed by atoms with Gasteiger partial charge in [0.1, 0.15) is 11.6 Å². The highest BCUT2D eigenvalue weighted by Gasteiger charge is 2.36. The summed E-state index contributed by atoms with van der Waals surface area (Å²) in [5.74, 6) is -0.230. The van der Waals surface area contributed by atoms with Crippen LogP contribution >= 0.6 is 11.8 Å². The molecule has 1 saturated heterocycles. The summed E-state index contributed by atoms with van der Waals surface area (Å²) in [6.45, 7) is 4.68. The first-order valence-electron chi connectivity index (χ1n) is 5.89. The summed E-state index contributed by atoms with van der Waals surface area (Å²) in [6, 6.07) is 1.50. The number of nitrogen functional groups attached to an aromatic ring is 1. The lowest BCUT2D eigenvalue weighted by Crippen LogP contribution is -2.45. The van der Waals surface area contributed by atoms with Crippen molar-refractivity contribution >= 4 is 23.4 Å². The van der Waals surface area contributed by atoms with E-state index in [9.17, 15) is 13.2 Å². The lowest BCUT2D eigenvalue weighted by molar-refractivity contribution is -0.144. The fourth-order valence-corrected chi connectivity index (χ4v) is 3.08. The molecule has 8 heteroatoms. The molecule has 4 nitrogen and oxygen atoms in total. The molecule has 0 radical (unpaired) electrons. The topological polar surface area (TPSA) is 55.0 Å². The summed E-state index contributed by atoms with van der Waals surface area (Å²) in [5.41, 5.74) is 5.46. The second-order valence-electron chi connectivity index (χ2n) is 4.48. The van der Waals surface area contributed by atoms with Crippen LogP contribution in [0.4, 0.5) is 24.8 Å². The van der Waals surface area contributed by atoms with Crippen molar-refractivity contribution in [3.8, 4) is 0 Å². The number of aromatic nitrogens is 2. The lowest BCUT2D eigenvalue weighted by atomic mass is 10.2. The van der Waals surface area contributed by atoms with Crippen molar-refractivity contribution in [3.63, 3.8) is 0 Å². The van der Waals surface area contributed by atoms with Gasteiger partial charge in [0, 0.05) is 29.7 Å². The van der Waals surface area contributed by atoms with Crippen LogP contribution < -0.4 is 10.6 Å². The third-order valence-electron chi connectivity index (χ3n) is 3.16. The van der Waals surface area contributed by atoms with Crippen LogP contribution in [-0.4, -0.2) is 33.6 Å². The van der Waals surface area contributed by atoms with Gasteiger partial charge in [-0.25, -0.2) is 9.97 Å². The molecule has 0 amide bonds. The first-order valence-corrected chi connectivity index (χ1v) is 6.94. The van der Waals surface area contributed by atoms with Crippen molar-refractivity contribution in [2.75, 3.05) is 22.9 Å². The van der Waals surface area contributed by atoms with Gasteiger partial charge in [-0.15, -0.1) is 0 Å². The van der Waals surface area contributed by atoms with Crippen LogP contribution in [0.3, 0.4) is 0 Å². The molecule has 1 aliphatic rings. The van der Waals surface area contributed by atoms with Gasteiger partial charge < -0.3 is 10.6 Å². The normalized spacial score (nSPS) is 24.6. The molecule has 1 aromatic rings. The van der Waals surface area contributed by atoms with Gasteiger partial charge in [0.15, 0.2) is 0 Å². The monoisotopic (exact) mass is 292 g/mol. The lowest BCUT2D eigenvalue weighted by Gasteiger charge is -2.38. The Hall–Kier alpha value is -1.18. The predicted molar refractivity (Wildman–Crippen MR) is 70.2 cm³/mol. The van der Waals surface area contributed by atoms with Gasteiger partial charge in [-0.1, -0.05) is 6.92 Å². The molecule has 1 aromatic heterocycles. The van der Waals surface area contributed by atoms with E-state index in [1.807, 2.05) is 11.8 Å². The molecular formula is C11H15F3N4S. The first kappa shape index (κ1) is 14.2. The molecule has 19 heavy (non-hydrogen) atoms. The molecule has 106 valence electrons. The molecule has 1 fully saturated rings. The fourth-order valence-electron chi connectivity index (χ4n) is 1.98. The SMILES string of the molecule is CC1SCCN(c2cc(N)nc(C(F)(F)F)n2)C1C. The first-order chi connectivity index (χ1) is 8.79. The zero-order chi connectivity index (χ0) is 14.2. The number of rotatable bonds is 1. The van der Waals surface area contributed by atoms with Gasteiger partial charge in [-0.2, -0.15) is 24.9 Å². The summed E-state index contributed by atoms with van der Waals surface area (Å²) in [5, 5.41) is 0.333. The number of hydrogen-bond donors (Lipinski definition) is 1. The summed E-state index contributed by atoms with van der Waals surface area (Å²) >= 11 is 1.80. The maximum Gasteiger partial charge on any atom is 0.451 e. The molecule has 0 spiro atoms. The van der Waals surface area contributed by atoms with Gasteiger partial charge in [0.2, 0.25) is 5.82 Å². The van der Waals surface area contributed by atoms with Crippen LogP contribution in [0.25, 0.3) is 0 Å². The zero-order valence-corrected chi connectivity index (χ0v) is 11.4. The summed E-state index contributed by atoms with van der Waals surface area (Å²) < 4.78 is 38.1. The number of hydrogen-bond acceptors (Lipinski definition) is 5. The van der Waals surface area contributed by atoms with Crippen LogP contribution in [0, 0.1) is 0 Å². The molecule has 2 atom stereocenters. The molecule has 2 N–H and O–H groups in total. The molecule has 0 bridgehead atoms. The summed E-state index contributed by atoms with van der Waals surface area (Å²) in [6.07, 6.45) is -4.58. The second-order valence-corrected chi connectivity index (χ2v) is 5.97. The van der Waals surface area contributed by atoms with E-state index < -0.39 is 12.0 Å². The minimum Gasteiger partial charge on any atom is -0.384 e. The highest BCUT2D eigenvalue weighted by molar-refractivity contribution is 8.00. The maximum absolute atomic E-state index is 12.7. The second kappa shape index (κ2) is 5.07. The van der Waals surface area contributed by atoms with Crippen LogP contribution in [0.15, 0.2) is 6.07 Å². The van der Waals surface area contributed by atoms with Gasteiger partial charge in [-0.3, -0.25) is 0 Å². The fraction of sp³-hybridized carbons (Fsp3) is 0.636. The number of nitrogens with two attached hydrogens (primary N) is 1. The third kappa shape index (κ3) is 3.05. The standard InChI is InChI=1S/C11H15F3N4S/c1-6-7(2)19-4-3-18(6)9-5-8(15)16-10(17-9)11(12,13)14/h5-7H,3-4H2,1-2H3,(H2,15,16,17). The van der Waals surface area contributed by atoms with E-state index in [1.165, 1.54) is 6.07 Å². The molecule has 0 aliphatic carbocycles. The van der Waals surface area contributed by atoms with Crippen molar-refractivity contribution in [2.24, 2.45) is 0 Å². The van der Waals surface area contributed by atoms with Crippen LogP contribution in [-0.2, 0) is 6.18 Å². The Morgan fingerprint density at radius 1 is 1.37 bits per heavy atom. The van der Waals surface area contributed by atoms with Crippen LogP contribution in [0.5, 0.6) is 0 Å². The Labute approximate surface area is 113 Å². The third-order valence-corrected chi connectivity index (χ3v) is 4.50. The van der Waals surface area contributed by atoms with Crippen LogP contribution in [0.1, 0.15) is 19.7 Å². The smallest absolute Gasteiger partial charge is 0.384 e. The number of nitrogens with zero attached hydrogens (tertiary/aromatic N) is 3. The number of anilines is 2. The minimum absolute atomic E-state index is 0.106. The van der Waals surface area contributed by atoms with Gasteiger partial charge in [-0.05, 0) is 6.92 Å². The zero-order valence-electron chi connectivity index (χ0n) is 10.6. The molecular weight excluding hydrogens is 277 g/mol. The molecule has 0 aromatic carbocycles. The number of halogens is 3. The van der Waals surface area contributed by atoms with Crippen LogP contribution in [0.2, 0.25) is 0 Å². The quantitative estimate of drug-likeness (QED) is 0.861. The molecule has 2 unspecified atom stereocenters. The molecule has 2 heterocycles. The number of alkyl halides is 3. The molecule has 0 saturated carbocycles. The van der Waals surface area contributed by atoms with E-state index in [1.54, 1.807) is 11.8 Å². The maximum atomic E-state index is 12.7. The van der Waals surface area contributed by atoms with E-state index in [0.29, 0.717) is 11.8 Å². The van der Waals surface area contributed by atoms with Crippen molar-refractivity contribution in [1.29, 1.82) is 0 Å². The average Bonchev–Trinajstić information content (AvgIpc) is 2.31. The Kier molecular flexibility index (Phi) is 3.80. The van der Waals surface area contributed by atoms with Crippen molar-refractivity contribution < 1.29 is 13.2 Å².